The van der Waals surface area contributed by atoms with Gasteiger partial charge in [0.2, 0.25) is 5.60 Å². The summed E-state index contributed by atoms with van der Waals surface area (Å²) in [5.74, 6) is -7.18. The zero-order chi connectivity index (χ0) is 39.7. The molecule has 0 aliphatic carbocycles. The summed E-state index contributed by atoms with van der Waals surface area (Å²) in [5.41, 5.74) is 4.12. The van der Waals surface area contributed by atoms with Gasteiger partial charge in [0.1, 0.15) is 17.1 Å². The van der Waals surface area contributed by atoms with Crippen LogP contribution in [0.2, 0.25) is 0 Å². The molecule has 1 saturated heterocycles. The number of thiazole rings is 1. The number of amides is 3. The van der Waals surface area contributed by atoms with Gasteiger partial charge in [-0.25, -0.2) is 19.1 Å². The van der Waals surface area contributed by atoms with Gasteiger partial charge < -0.3 is 41.3 Å². The Morgan fingerprint density at radius 1 is 1.13 bits per heavy atom. The van der Waals surface area contributed by atoms with Gasteiger partial charge in [-0.05, 0) is 20.3 Å². The first-order valence-corrected chi connectivity index (χ1v) is 17.7. The van der Waals surface area contributed by atoms with Crippen molar-refractivity contribution < 1.29 is 66.7 Å². The number of carbonyl (C=O) groups excluding carboxylic acids is 4. The fourth-order valence-corrected chi connectivity index (χ4v) is 6.48. The highest BCUT2D eigenvalue weighted by Crippen LogP contribution is 2.40. The minimum Gasteiger partial charge on any atom is -0.543 e. The van der Waals surface area contributed by atoms with E-state index in [1.54, 1.807) is 29.1 Å². The SMILES string of the molecule is CCCCCCNC(=O)c1cc[n+](CC2=C(C(=O)[O-])N3C(=O)[C@@H](NC(=O)/C(=N\OC(C)(C)C(=O)O)c4csc(N)n4)[C@H]3SC2)cc1.O=C(O)C(F)(F)F. The number of carbonyl (C=O) groups is 6. The highest BCUT2D eigenvalue weighted by Gasteiger charge is 2.53. The summed E-state index contributed by atoms with van der Waals surface area (Å²) < 4.78 is 33.4. The van der Waals surface area contributed by atoms with Gasteiger partial charge in [0.25, 0.3) is 17.7 Å². The highest BCUT2D eigenvalue weighted by atomic mass is 32.2. The van der Waals surface area contributed by atoms with Crippen molar-refractivity contribution in [3.05, 3.63) is 52.4 Å². The van der Waals surface area contributed by atoms with Crippen molar-refractivity contribution in [1.29, 1.82) is 0 Å². The summed E-state index contributed by atoms with van der Waals surface area (Å²) in [6.07, 6.45) is 2.41. The summed E-state index contributed by atoms with van der Waals surface area (Å²) in [7, 11) is 0. The molecule has 4 rings (SSSR count). The Kier molecular flexibility index (Phi) is 14.3. The number of nitrogens with one attached hydrogen (secondary N) is 2. The van der Waals surface area contributed by atoms with Gasteiger partial charge in [-0.2, -0.15) is 13.2 Å². The lowest BCUT2D eigenvalue weighted by atomic mass is 10.0. The maximum Gasteiger partial charge on any atom is 0.490 e. The number of aromatic nitrogens is 2. The third kappa shape index (κ3) is 11.1. The van der Waals surface area contributed by atoms with Crippen LogP contribution in [0, 0.1) is 0 Å². The topological polar surface area (TPSA) is 258 Å². The first kappa shape index (κ1) is 42.2. The molecular weight excluding hydrogens is 752 g/mol. The predicted octanol–water partition coefficient (Wildman–Crippen LogP) is 0.644. The largest absolute Gasteiger partial charge is 0.543 e. The Bertz CT molecular complexity index is 1780. The summed E-state index contributed by atoms with van der Waals surface area (Å²) >= 11 is 2.27. The lowest BCUT2D eigenvalue weighted by Crippen LogP contribution is -2.71. The molecular formula is C31H36F3N7O10S2. The Morgan fingerprint density at radius 3 is 2.30 bits per heavy atom. The zero-order valence-corrected chi connectivity index (χ0v) is 30.1. The zero-order valence-electron chi connectivity index (χ0n) is 28.5. The number of halogens is 3. The van der Waals surface area contributed by atoms with Gasteiger partial charge >= 0.3 is 18.1 Å². The fraction of sp³-hybridized carbons (Fsp3) is 0.452. The van der Waals surface area contributed by atoms with Crippen LogP contribution in [0.1, 0.15) is 62.5 Å². The van der Waals surface area contributed by atoms with E-state index >= 15 is 0 Å². The molecule has 17 nitrogen and oxygen atoms in total. The Balaban J connectivity index is 0.000000980. The van der Waals surface area contributed by atoms with Crippen LogP contribution in [0.15, 0.2) is 46.3 Å². The second kappa shape index (κ2) is 18.0. The smallest absolute Gasteiger partial charge is 0.490 e. The molecule has 2 aliphatic rings. The van der Waals surface area contributed by atoms with Crippen LogP contribution in [-0.4, -0.2) is 96.9 Å². The Hall–Kier alpha value is -5.25. The molecule has 0 aromatic carbocycles. The molecule has 2 aliphatic heterocycles. The molecule has 0 unspecified atom stereocenters. The van der Waals surface area contributed by atoms with Crippen molar-refractivity contribution in [2.45, 2.75) is 76.2 Å². The van der Waals surface area contributed by atoms with Gasteiger partial charge in [-0.3, -0.25) is 19.3 Å². The van der Waals surface area contributed by atoms with Crippen molar-refractivity contribution in [1.82, 2.24) is 20.5 Å². The molecule has 0 bridgehead atoms. The van der Waals surface area contributed by atoms with Crippen LogP contribution in [0.4, 0.5) is 18.3 Å². The van der Waals surface area contributed by atoms with Gasteiger partial charge in [-0.15, -0.1) is 23.1 Å². The molecule has 6 N–H and O–H groups in total. The molecule has 2 aromatic heterocycles. The van der Waals surface area contributed by atoms with E-state index in [0.29, 0.717) is 17.7 Å². The highest BCUT2D eigenvalue weighted by molar-refractivity contribution is 8.00. The van der Waals surface area contributed by atoms with Gasteiger partial charge in [0, 0.05) is 35.4 Å². The number of nitrogens with zero attached hydrogens (tertiary/aromatic N) is 4. The summed E-state index contributed by atoms with van der Waals surface area (Å²) in [4.78, 5) is 81.7. The van der Waals surface area contributed by atoms with E-state index in [1.807, 2.05) is 0 Å². The van der Waals surface area contributed by atoms with Gasteiger partial charge in [0.05, 0.1) is 17.2 Å². The number of thioether (sulfide) groups is 1. The number of hydrogen-bond acceptors (Lipinski definition) is 13. The molecule has 0 spiro atoms. The number of anilines is 1. The second-order valence-electron chi connectivity index (χ2n) is 11.9. The lowest BCUT2D eigenvalue weighted by molar-refractivity contribution is -0.689. The van der Waals surface area contributed by atoms with Crippen molar-refractivity contribution in [3.8, 4) is 0 Å². The molecule has 0 saturated carbocycles. The number of alkyl halides is 3. The number of fused-ring (bicyclic) bond motifs is 1. The van der Waals surface area contributed by atoms with Crippen LogP contribution in [0.5, 0.6) is 0 Å². The van der Waals surface area contributed by atoms with Crippen LogP contribution in [-0.2, 0) is 35.4 Å². The molecule has 22 heteroatoms. The molecule has 288 valence electrons. The second-order valence-corrected chi connectivity index (χ2v) is 13.9. The first-order valence-electron chi connectivity index (χ1n) is 15.8. The molecule has 0 radical (unpaired) electrons. The maximum atomic E-state index is 13.3. The fourth-order valence-electron chi connectivity index (χ4n) is 4.59. The molecule has 53 heavy (non-hydrogen) atoms. The summed E-state index contributed by atoms with van der Waals surface area (Å²) in [5, 5.41) is 38.6. The van der Waals surface area contributed by atoms with Gasteiger partial charge in [-0.1, -0.05) is 31.3 Å². The minimum absolute atomic E-state index is 0.00576. The van der Waals surface area contributed by atoms with Crippen LogP contribution in [0.3, 0.4) is 0 Å². The van der Waals surface area contributed by atoms with Gasteiger partial charge in [0.15, 0.2) is 29.8 Å². The molecule has 1 fully saturated rings. The van der Waals surface area contributed by atoms with Crippen molar-refractivity contribution in [2.75, 3.05) is 18.0 Å². The molecule has 3 amide bonds. The lowest BCUT2D eigenvalue weighted by Gasteiger charge is -2.50. The number of unbranched alkanes of at least 4 members (excludes halogenated alkanes) is 3. The number of rotatable bonds is 15. The van der Waals surface area contributed by atoms with E-state index in [-0.39, 0.29) is 34.7 Å². The van der Waals surface area contributed by atoms with E-state index in [2.05, 4.69) is 27.7 Å². The molecule has 2 aromatic rings. The molecule has 4 heterocycles. The van der Waals surface area contributed by atoms with E-state index < -0.39 is 58.6 Å². The monoisotopic (exact) mass is 787 g/mol. The summed E-state index contributed by atoms with van der Waals surface area (Å²) in [6.45, 7) is 5.31. The maximum absolute atomic E-state index is 13.3. The number of carboxylic acid groups (broad SMARTS) is 3. The van der Waals surface area contributed by atoms with E-state index in [0.717, 1.165) is 41.9 Å². The van der Waals surface area contributed by atoms with E-state index in [1.165, 1.54) is 31.0 Å². The van der Waals surface area contributed by atoms with Crippen molar-refractivity contribution >= 4 is 69.6 Å². The third-order valence-corrected chi connectivity index (χ3v) is 9.49. The number of carboxylic acids is 3. The number of aliphatic carboxylic acids is 3. The average molecular weight is 788 g/mol. The normalized spacial score (nSPS) is 17.1. The van der Waals surface area contributed by atoms with E-state index in [9.17, 15) is 47.4 Å². The van der Waals surface area contributed by atoms with E-state index in [4.69, 9.17) is 20.5 Å². The quantitative estimate of drug-likeness (QED) is 0.0547. The first-order chi connectivity index (χ1) is 24.8. The van der Waals surface area contributed by atoms with Crippen molar-refractivity contribution in [3.63, 3.8) is 0 Å². The number of nitrogen functional groups attached to an aromatic ring is 1. The van der Waals surface area contributed by atoms with Crippen LogP contribution >= 0.6 is 23.1 Å². The van der Waals surface area contributed by atoms with Crippen LogP contribution in [0.25, 0.3) is 0 Å². The van der Waals surface area contributed by atoms with Crippen molar-refractivity contribution in [2.24, 2.45) is 5.16 Å². The Morgan fingerprint density at radius 2 is 1.77 bits per heavy atom. The third-order valence-electron chi connectivity index (χ3n) is 7.47. The number of oxime groups is 1. The number of hydrogen-bond donors (Lipinski definition) is 5. The average Bonchev–Trinajstić information content (AvgIpc) is 3.52. The number of β-lactam (4-membered cyclic amide) rings is 1. The summed E-state index contributed by atoms with van der Waals surface area (Å²) in [6, 6.07) is 2.15. The Labute approximate surface area is 308 Å². The minimum atomic E-state index is -5.08. The number of pyridine rings is 1. The standard InChI is InChI=1S/C29H35N7O8S2.C2HF3O2/c1-4-5-6-7-10-31-22(37)16-8-11-35(12-9-16)13-17-14-45-25-20(24(39)36(25)21(17)26(40)41)33-23(38)19(18-15-46-28(30)32-18)34-44-29(2,3)27(42)43;3-2(4,5)1(6)7/h8-9,11-12,15,20,25H,4-7,10,13-14H2,1-3H3,(H5-,30,31,32,33,37,38,40,41,42,43);(H,6,7)/b34-19-;/t20-,25-;/m1./s1. The predicted molar refractivity (Wildman–Crippen MR) is 180 cm³/mol. The van der Waals surface area contributed by atoms with Crippen LogP contribution < -0.4 is 26.0 Å². The number of nitrogens with two attached hydrogens (primary N) is 1. The molecule has 2 atom stereocenters.